The number of fused-ring (bicyclic) bond motifs is 1. The van der Waals surface area contributed by atoms with Crippen molar-refractivity contribution in [3.63, 3.8) is 0 Å². The molecule has 1 aromatic carbocycles. The molecular weight excluding hydrogens is 292 g/mol. The summed E-state index contributed by atoms with van der Waals surface area (Å²) < 4.78 is 1.49. The number of nitrogens with zero attached hydrogens (tertiary/aromatic N) is 4. The minimum absolute atomic E-state index is 0.0265. The number of hydrogen-bond donors (Lipinski definition) is 0. The molecule has 0 unspecified atom stereocenters. The predicted octanol–water partition coefficient (Wildman–Crippen LogP) is 0.992. The minimum atomic E-state index is -0.0265. The van der Waals surface area contributed by atoms with E-state index in [2.05, 4.69) is 9.88 Å². The van der Waals surface area contributed by atoms with Crippen molar-refractivity contribution >= 4 is 22.5 Å². The first-order chi connectivity index (χ1) is 11.1. The maximum atomic E-state index is 12.1. The van der Waals surface area contributed by atoms with Crippen molar-refractivity contribution in [3.05, 3.63) is 34.9 Å². The highest BCUT2D eigenvalue weighted by Gasteiger charge is 2.34. The maximum Gasteiger partial charge on any atom is 0.260 e. The fourth-order valence-corrected chi connectivity index (χ4v) is 3.17. The van der Waals surface area contributed by atoms with Gasteiger partial charge in [0.15, 0.2) is 0 Å². The number of carbonyl (C=O) groups excluding carboxylic acids is 1. The molecule has 1 amide bonds. The lowest BCUT2D eigenvalue weighted by molar-refractivity contribution is -0.132. The Hall–Kier alpha value is -2.37. The molecule has 1 aliphatic heterocycles. The standard InChI is InChI=1S/C17H20N4O2/c1-19-11-18-15-10-13(4-5-14(15)17(19)23)20-6-8-21(9-7-20)16(22)12-2-3-12/h4-5,10-12H,2-3,6-9H2,1H3. The number of carbonyl (C=O) groups is 1. The van der Waals surface area contributed by atoms with Gasteiger partial charge < -0.3 is 14.4 Å². The highest BCUT2D eigenvalue weighted by Crippen LogP contribution is 2.31. The van der Waals surface area contributed by atoms with Crippen LogP contribution in [-0.4, -0.2) is 46.5 Å². The van der Waals surface area contributed by atoms with Gasteiger partial charge in [-0.3, -0.25) is 9.59 Å². The Labute approximate surface area is 134 Å². The predicted molar refractivity (Wildman–Crippen MR) is 88.5 cm³/mol. The number of aryl methyl sites for hydroxylation is 1. The molecule has 1 saturated heterocycles. The van der Waals surface area contributed by atoms with Crippen molar-refractivity contribution in [3.8, 4) is 0 Å². The van der Waals surface area contributed by atoms with Gasteiger partial charge in [-0.1, -0.05) is 0 Å². The third kappa shape index (κ3) is 2.58. The number of rotatable bonds is 2. The molecular formula is C17H20N4O2. The Morgan fingerprint density at radius 1 is 1.17 bits per heavy atom. The summed E-state index contributed by atoms with van der Waals surface area (Å²) >= 11 is 0. The minimum Gasteiger partial charge on any atom is -0.368 e. The second-order valence-electron chi connectivity index (χ2n) is 6.45. The molecule has 2 aliphatic rings. The second-order valence-corrected chi connectivity index (χ2v) is 6.45. The Bertz CT molecular complexity index is 817. The normalized spacial score (nSPS) is 18.5. The number of anilines is 1. The largest absolute Gasteiger partial charge is 0.368 e. The zero-order chi connectivity index (χ0) is 16.0. The lowest BCUT2D eigenvalue weighted by Crippen LogP contribution is -2.49. The van der Waals surface area contributed by atoms with Gasteiger partial charge >= 0.3 is 0 Å². The smallest absolute Gasteiger partial charge is 0.260 e. The molecule has 2 aromatic rings. The van der Waals surface area contributed by atoms with Gasteiger partial charge in [0.05, 0.1) is 17.2 Å². The van der Waals surface area contributed by atoms with Gasteiger partial charge in [-0.05, 0) is 31.0 Å². The van der Waals surface area contributed by atoms with Crippen LogP contribution in [0.1, 0.15) is 12.8 Å². The van der Waals surface area contributed by atoms with Crippen molar-refractivity contribution in [1.29, 1.82) is 0 Å². The van der Waals surface area contributed by atoms with Crippen molar-refractivity contribution in [1.82, 2.24) is 14.5 Å². The summed E-state index contributed by atoms with van der Waals surface area (Å²) in [6.07, 6.45) is 3.68. The van der Waals surface area contributed by atoms with Crippen LogP contribution in [0, 0.1) is 5.92 Å². The van der Waals surface area contributed by atoms with Crippen LogP contribution in [0.25, 0.3) is 10.9 Å². The molecule has 120 valence electrons. The molecule has 0 radical (unpaired) electrons. The first-order valence-electron chi connectivity index (χ1n) is 8.12. The lowest BCUT2D eigenvalue weighted by atomic mass is 10.2. The van der Waals surface area contributed by atoms with Crippen LogP contribution in [-0.2, 0) is 11.8 Å². The summed E-state index contributed by atoms with van der Waals surface area (Å²) in [7, 11) is 1.71. The first-order valence-corrected chi connectivity index (χ1v) is 8.12. The van der Waals surface area contributed by atoms with E-state index in [4.69, 9.17) is 0 Å². The van der Waals surface area contributed by atoms with Crippen LogP contribution in [0.4, 0.5) is 5.69 Å². The van der Waals surface area contributed by atoms with Crippen molar-refractivity contribution in [2.24, 2.45) is 13.0 Å². The molecule has 6 nitrogen and oxygen atoms in total. The molecule has 0 bridgehead atoms. The molecule has 0 atom stereocenters. The molecule has 1 saturated carbocycles. The van der Waals surface area contributed by atoms with Gasteiger partial charge in [0.1, 0.15) is 0 Å². The van der Waals surface area contributed by atoms with Crippen molar-refractivity contribution < 1.29 is 4.79 Å². The molecule has 0 N–H and O–H groups in total. The van der Waals surface area contributed by atoms with Gasteiger partial charge in [-0.2, -0.15) is 0 Å². The summed E-state index contributed by atoms with van der Waals surface area (Å²) in [5.74, 6) is 0.621. The average molecular weight is 312 g/mol. The molecule has 4 rings (SSSR count). The summed E-state index contributed by atoms with van der Waals surface area (Å²) in [5.41, 5.74) is 1.76. The van der Waals surface area contributed by atoms with Crippen LogP contribution < -0.4 is 10.5 Å². The number of aromatic nitrogens is 2. The number of hydrogen-bond acceptors (Lipinski definition) is 4. The van der Waals surface area contributed by atoms with E-state index in [1.807, 2.05) is 23.1 Å². The molecule has 2 fully saturated rings. The van der Waals surface area contributed by atoms with Gasteiger partial charge in [-0.25, -0.2) is 4.98 Å². The highest BCUT2D eigenvalue weighted by atomic mass is 16.2. The molecule has 23 heavy (non-hydrogen) atoms. The third-order valence-electron chi connectivity index (χ3n) is 4.79. The van der Waals surface area contributed by atoms with E-state index in [1.165, 1.54) is 4.57 Å². The Balaban J connectivity index is 1.52. The van der Waals surface area contributed by atoms with Crippen LogP contribution in [0.2, 0.25) is 0 Å². The van der Waals surface area contributed by atoms with E-state index in [0.717, 1.165) is 50.2 Å². The topological polar surface area (TPSA) is 58.4 Å². The quantitative estimate of drug-likeness (QED) is 0.830. The third-order valence-corrected chi connectivity index (χ3v) is 4.79. The Kier molecular flexibility index (Phi) is 3.32. The van der Waals surface area contributed by atoms with Crippen LogP contribution in [0.3, 0.4) is 0 Å². The van der Waals surface area contributed by atoms with Crippen molar-refractivity contribution in [2.45, 2.75) is 12.8 Å². The summed E-state index contributed by atoms with van der Waals surface area (Å²) in [4.78, 5) is 32.8. The molecule has 2 heterocycles. The van der Waals surface area contributed by atoms with E-state index in [0.29, 0.717) is 17.2 Å². The zero-order valence-electron chi connectivity index (χ0n) is 13.2. The van der Waals surface area contributed by atoms with Gasteiger partial charge in [0.2, 0.25) is 5.91 Å². The average Bonchev–Trinajstić information content (AvgIpc) is 3.42. The lowest BCUT2D eigenvalue weighted by Gasteiger charge is -2.36. The molecule has 1 aromatic heterocycles. The summed E-state index contributed by atoms with van der Waals surface area (Å²) in [6, 6.07) is 5.79. The van der Waals surface area contributed by atoms with Crippen LogP contribution in [0.5, 0.6) is 0 Å². The van der Waals surface area contributed by atoms with Crippen molar-refractivity contribution in [2.75, 3.05) is 31.1 Å². The first kappa shape index (κ1) is 14.2. The van der Waals surface area contributed by atoms with Gasteiger partial charge in [-0.15, -0.1) is 0 Å². The number of benzene rings is 1. The van der Waals surface area contributed by atoms with E-state index < -0.39 is 0 Å². The molecule has 0 spiro atoms. The zero-order valence-corrected chi connectivity index (χ0v) is 13.2. The molecule has 6 heteroatoms. The Morgan fingerprint density at radius 2 is 1.91 bits per heavy atom. The maximum absolute atomic E-state index is 12.1. The Morgan fingerprint density at radius 3 is 2.61 bits per heavy atom. The van der Waals surface area contributed by atoms with Crippen LogP contribution in [0.15, 0.2) is 29.3 Å². The second kappa shape index (κ2) is 5.37. The summed E-state index contributed by atoms with van der Waals surface area (Å²) in [6.45, 7) is 3.21. The number of piperazine rings is 1. The van der Waals surface area contributed by atoms with Crippen LogP contribution >= 0.6 is 0 Å². The summed E-state index contributed by atoms with van der Waals surface area (Å²) in [5, 5.41) is 0.640. The van der Waals surface area contributed by atoms with E-state index in [1.54, 1.807) is 13.4 Å². The van der Waals surface area contributed by atoms with E-state index >= 15 is 0 Å². The molecule has 1 aliphatic carbocycles. The van der Waals surface area contributed by atoms with E-state index in [9.17, 15) is 9.59 Å². The number of amides is 1. The SMILES string of the molecule is Cn1cnc2cc(N3CCN(C(=O)C4CC4)CC3)ccc2c1=O. The fourth-order valence-electron chi connectivity index (χ4n) is 3.17. The van der Waals surface area contributed by atoms with E-state index in [-0.39, 0.29) is 5.56 Å². The fraction of sp³-hybridized carbons (Fsp3) is 0.471. The highest BCUT2D eigenvalue weighted by molar-refractivity contribution is 5.82. The van der Waals surface area contributed by atoms with Gasteiger partial charge in [0.25, 0.3) is 5.56 Å². The van der Waals surface area contributed by atoms with Gasteiger partial charge in [0, 0.05) is 44.8 Å². The monoisotopic (exact) mass is 312 g/mol.